The Labute approximate surface area is 113 Å². The van der Waals surface area contributed by atoms with Gasteiger partial charge in [-0.2, -0.15) is 0 Å². The number of aromatic hydroxyl groups is 1. The Kier molecular flexibility index (Phi) is 3.92. The van der Waals surface area contributed by atoms with Crippen molar-refractivity contribution >= 4 is 27.5 Å². The molecule has 0 bridgehead atoms. The Hall–Kier alpha value is -1.19. The van der Waals surface area contributed by atoms with Gasteiger partial charge in [0.1, 0.15) is 23.1 Å². The summed E-state index contributed by atoms with van der Waals surface area (Å²) in [5, 5.41) is 9.80. The van der Waals surface area contributed by atoms with E-state index in [4.69, 9.17) is 16.3 Å². The molecule has 0 aromatic heterocycles. The Bertz CT molecular complexity index is 514. The van der Waals surface area contributed by atoms with Crippen LogP contribution in [0.15, 0.2) is 46.9 Å². The zero-order chi connectivity index (χ0) is 12.3. The lowest BCUT2D eigenvalue weighted by Crippen LogP contribution is -1.95. The molecule has 0 aliphatic carbocycles. The van der Waals surface area contributed by atoms with Gasteiger partial charge in [-0.3, -0.25) is 0 Å². The molecular formula is C13H10BrClO2. The normalized spacial score (nSPS) is 10.2. The number of ether oxygens (including phenoxy) is 1. The first-order valence-electron chi connectivity index (χ1n) is 5.02. The van der Waals surface area contributed by atoms with E-state index in [-0.39, 0.29) is 5.75 Å². The Balaban J connectivity index is 2.13. The first-order valence-corrected chi connectivity index (χ1v) is 6.19. The molecule has 0 spiro atoms. The second kappa shape index (κ2) is 5.43. The lowest BCUT2D eigenvalue weighted by atomic mass is 10.2. The van der Waals surface area contributed by atoms with E-state index in [0.29, 0.717) is 21.9 Å². The Morgan fingerprint density at radius 1 is 1.12 bits per heavy atom. The van der Waals surface area contributed by atoms with Crippen molar-refractivity contribution in [1.82, 2.24) is 0 Å². The van der Waals surface area contributed by atoms with Crippen molar-refractivity contribution in [1.29, 1.82) is 0 Å². The third kappa shape index (κ3) is 2.93. The molecule has 0 atom stereocenters. The Morgan fingerprint density at radius 2 is 1.82 bits per heavy atom. The minimum Gasteiger partial charge on any atom is -0.507 e. The molecule has 0 fully saturated rings. The van der Waals surface area contributed by atoms with Crippen molar-refractivity contribution in [2.45, 2.75) is 6.61 Å². The van der Waals surface area contributed by atoms with Gasteiger partial charge in [0.15, 0.2) is 0 Å². The first kappa shape index (κ1) is 12.3. The van der Waals surface area contributed by atoms with Crippen molar-refractivity contribution < 1.29 is 9.84 Å². The lowest BCUT2D eigenvalue weighted by Gasteiger charge is -2.09. The molecule has 0 saturated carbocycles. The number of halogens is 2. The fourth-order valence-electron chi connectivity index (χ4n) is 1.37. The average molecular weight is 314 g/mol. The predicted octanol–water partition coefficient (Wildman–Crippen LogP) is 4.39. The summed E-state index contributed by atoms with van der Waals surface area (Å²) in [4.78, 5) is 0. The van der Waals surface area contributed by atoms with Crippen molar-refractivity contribution in [3.63, 3.8) is 0 Å². The molecule has 0 amide bonds. The summed E-state index contributed by atoms with van der Waals surface area (Å²) in [6.07, 6.45) is 0. The number of hydrogen-bond acceptors (Lipinski definition) is 2. The zero-order valence-electron chi connectivity index (χ0n) is 8.86. The van der Waals surface area contributed by atoms with Crippen LogP contribution in [-0.2, 0) is 6.61 Å². The Morgan fingerprint density at radius 3 is 2.53 bits per heavy atom. The van der Waals surface area contributed by atoms with E-state index >= 15 is 0 Å². The first-order chi connectivity index (χ1) is 8.18. The van der Waals surface area contributed by atoms with Gasteiger partial charge in [0.05, 0.1) is 4.47 Å². The number of phenols is 1. The van der Waals surface area contributed by atoms with E-state index in [2.05, 4.69) is 15.9 Å². The standard InChI is InChI=1S/C13H10BrClO2/c14-12-10(16)6-7-11(13(12)15)17-8-9-4-2-1-3-5-9/h1-7,16H,8H2. The van der Waals surface area contributed by atoms with Crippen molar-refractivity contribution in [2.24, 2.45) is 0 Å². The van der Waals surface area contributed by atoms with Crippen LogP contribution in [0.5, 0.6) is 11.5 Å². The molecule has 17 heavy (non-hydrogen) atoms. The highest BCUT2D eigenvalue weighted by atomic mass is 79.9. The van der Waals surface area contributed by atoms with Crippen molar-refractivity contribution in [3.05, 3.63) is 57.5 Å². The van der Waals surface area contributed by atoms with Crippen molar-refractivity contribution in [2.75, 3.05) is 0 Å². The molecule has 88 valence electrons. The summed E-state index contributed by atoms with van der Waals surface area (Å²) >= 11 is 9.23. The van der Waals surface area contributed by atoms with E-state index in [1.54, 1.807) is 6.07 Å². The maximum Gasteiger partial charge on any atom is 0.139 e. The molecule has 0 radical (unpaired) electrons. The van der Waals surface area contributed by atoms with Gasteiger partial charge >= 0.3 is 0 Å². The van der Waals surface area contributed by atoms with Crippen LogP contribution in [0.1, 0.15) is 5.56 Å². The fourth-order valence-corrected chi connectivity index (χ4v) is 1.91. The molecule has 0 aliphatic heterocycles. The molecule has 2 nitrogen and oxygen atoms in total. The van der Waals surface area contributed by atoms with Gasteiger partial charge < -0.3 is 9.84 Å². The number of phenolic OH excluding ortho intramolecular Hbond substituents is 1. The molecule has 0 saturated heterocycles. The SMILES string of the molecule is Oc1ccc(OCc2ccccc2)c(Cl)c1Br. The van der Waals surface area contributed by atoms with Gasteiger partial charge in [-0.15, -0.1) is 0 Å². The molecular weight excluding hydrogens is 303 g/mol. The molecule has 2 rings (SSSR count). The topological polar surface area (TPSA) is 29.5 Å². The second-order valence-electron chi connectivity index (χ2n) is 3.49. The van der Waals surface area contributed by atoms with E-state index in [1.165, 1.54) is 6.07 Å². The maximum atomic E-state index is 9.42. The summed E-state index contributed by atoms with van der Waals surface area (Å²) in [6.45, 7) is 0.442. The zero-order valence-corrected chi connectivity index (χ0v) is 11.2. The highest BCUT2D eigenvalue weighted by molar-refractivity contribution is 9.10. The van der Waals surface area contributed by atoms with Gasteiger partial charge in [-0.1, -0.05) is 41.9 Å². The van der Waals surface area contributed by atoms with E-state index < -0.39 is 0 Å². The summed E-state index contributed by atoms with van der Waals surface area (Å²) in [5.41, 5.74) is 1.06. The van der Waals surface area contributed by atoms with E-state index in [0.717, 1.165) is 5.56 Å². The molecule has 0 aliphatic rings. The lowest BCUT2D eigenvalue weighted by molar-refractivity contribution is 0.305. The van der Waals surface area contributed by atoms with E-state index in [1.807, 2.05) is 30.3 Å². The fraction of sp³-hybridized carbons (Fsp3) is 0.0769. The smallest absolute Gasteiger partial charge is 0.139 e. The van der Waals surface area contributed by atoms with Crippen LogP contribution in [0.4, 0.5) is 0 Å². The molecule has 1 N–H and O–H groups in total. The second-order valence-corrected chi connectivity index (χ2v) is 4.66. The highest BCUT2D eigenvalue weighted by Gasteiger charge is 2.09. The van der Waals surface area contributed by atoms with Gasteiger partial charge in [-0.05, 0) is 33.6 Å². The summed E-state index contributed by atoms with van der Waals surface area (Å²) in [6, 6.07) is 13.0. The summed E-state index contributed by atoms with van der Waals surface area (Å²) < 4.78 is 6.03. The van der Waals surface area contributed by atoms with E-state index in [9.17, 15) is 5.11 Å². The number of hydrogen-bond donors (Lipinski definition) is 1. The monoisotopic (exact) mass is 312 g/mol. The van der Waals surface area contributed by atoms with Crippen LogP contribution < -0.4 is 4.74 Å². The third-order valence-electron chi connectivity index (χ3n) is 2.26. The molecule has 4 heteroatoms. The van der Waals surface area contributed by atoms with Gasteiger partial charge in [0.2, 0.25) is 0 Å². The van der Waals surface area contributed by atoms with Crippen molar-refractivity contribution in [3.8, 4) is 11.5 Å². The third-order valence-corrected chi connectivity index (χ3v) is 3.67. The van der Waals surface area contributed by atoms with Gasteiger partial charge in [0.25, 0.3) is 0 Å². The van der Waals surface area contributed by atoms with Crippen LogP contribution in [0, 0.1) is 0 Å². The molecule has 2 aromatic carbocycles. The summed E-state index contributed by atoms with van der Waals surface area (Å²) in [5.74, 6) is 0.641. The van der Waals surface area contributed by atoms with Crippen LogP contribution >= 0.6 is 27.5 Å². The van der Waals surface area contributed by atoms with Crippen LogP contribution in [0.2, 0.25) is 5.02 Å². The van der Waals surface area contributed by atoms with Gasteiger partial charge in [0, 0.05) is 0 Å². The molecule has 0 heterocycles. The molecule has 2 aromatic rings. The van der Waals surface area contributed by atoms with Crippen LogP contribution in [0.3, 0.4) is 0 Å². The largest absolute Gasteiger partial charge is 0.507 e. The highest BCUT2D eigenvalue weighted by Crippen LogP contribution is 2.38. The predicted molar refractivity (Wildman–Crippen MR) is 71.6 cm³/mol. The maximum absolute atomic E-state index is 9.42. The van der Waals surface area contributed by atoms with Crippen LogP contribution in [0.25, 0.3) is 0 Å². The summed E-state index contributed by atoms with van der Waals surface area (Å²) in [7, 11) is 0. The van der Waals surface area contributed by atoms with Crippen LogP contribution in [-0.4, -0.2) is 5.11 Å². The average Bonchev–Trinajstić information content (AvgIpc) is 2.36. The molecule has 0 unspecified atom stereocenters. The number of rotatable bonds is 3. The minimum atomic E-state index is 0.0991. The van der Waals surface area contributed by atoms with Gasteiger partial charge in [-0.25, -0.2) is 0 Å². The minimum absolute atomic E-state index is 0.0991. The quantitative estimate of drug-likeness (QED) is 0.911. The number of benzene rings is 2.